The molecule has 0 radical (unpaired) electrons. The molecule has 5 rings (SSSR count). The Morgan fingerprint density at radius 1 is 1.19 bits per heavy atom. The summed E-state index contributed by atoms with van der Waals surface area (Å²) >= 11 is 14.0. The van der Waals surface area contributed by atoms with Crippen LogP contribution in [0, 0.1) is 0 Å². The summed E-state index contributed by atoms with van der Waals surface area (Å²) in [6.45, 7) is 3.04. The summed E-state index contributed by atoms with van der Waals surface area (Å²) < 4.78 is 0. The third-order valence-corrected chi connectivity index (χ3v) is 6.98. The van der Waals surface area contributed by atoms with Crippen LogP contribution < -0.4 is 15.5 Å². The number of fused-ring (bicyclic) bond motifs is 2. The van der Waals surface area contributed by atoms with Crippen molar-refractivity contribution in [3.63, 3.8) is 0 Å². The molecule has 2 aromatic carbocycles. The third-order valence-electron chi connectivity index (χ3n) is 5.40. The monoisotopic (exact) mass is 471 g/mol. The van der Waals surface area contributed by atoms with Crippen LogP contribution in [-0.4, -0.2) is 27.8 Å². The molecule has 3 aromatic rings. The maximum Gasteiger partial charge on any atom is 0.263 e. The lowest BCUT2D eigenvalue weighted by Gasteiger charge is -2.28. The van der Waals surface area contributed by atoms with Gasteiger partial charge in [0.2, 0.25) is 5.95 Å². The Balaban J connectivity index is 1.38. The van der Waals surface area contributed by atoms with E-state index < -0.39 is 0 Å². The number of rotatable bonds is 3. The fourth-order valence-electron chi connectivity index (χ4n) is 3.81. The Morgan fingerprint density at radius 2 is 2.00 bits per heavy atom. The molecule has 1 atom stereocenters. The first kappa shape index (κ1) is 20.6. The average Bonchev–Trinajstić information content (AvgIpc) is 2.75. The second-order valence-corrected chi connectivity index (χ2v) is 9.33. The zero-order valence-electron chi connectivity index (χ0n) is 16.7. The molecule has 1 aromatic heterocycles. The number of anilines is 3. The van der Waals surface area contributed by atoms with E-state index in [4.69, 9.17) is 23.2 Å². The van der Waals surface area contributed by atoms with E-state index in [1.165, 1.54) is 22.9 Å². The van der Waals surface area contributed by atoms with Crippen LogP contribution in [0.25, 0.3) is 0 Å². The number of aromatic nitrogens is 2. The Hall–Kier alpha value is -2.32. The first-order valence-corrected chi connectivity index (χ1v) is 11.6. The number of para-hydroxylation sites is 1. The molecular weight excluding hydrogens is 453 g/mol. The second kappa shape index (κ2) is 8.31. The summed E-state index contributed by atoms with van der Waals surface area (Å²) in [6, 6.07) is 12.0. The van der Waals surface area contributed by atoms with Crippen molar-refractivity contribution in [2.45, 2.75) is 31.0 Å². The van der Waals surface area contributed by atoms with Crippen LogP contribution in [0.2, 0.25) is 10.0 Å². The molecule has 1 amide bonds. The summed E-state index contributed by atoms with van der Waals surface area (Å²) in [6.07, 6.45) is 2.58. The van der Waals surface area contributed by atoms with Gasteiger partial charge in [-0.2, -0.15) is 0 Å². The van der Waals surface area contributed by atoms with E-state index in [-0.39, 0.29) is 5.91 Å². The minimum absolute atomic E-state index is 0.218. The van der Waals surface area contributed by atoms with Gasteiger partial charge in [-0.15, -0.1) is 0 Å². The molecule has 0 saturated carbocycles. The Labute approximate surface area is 194 Å². The number of nitrogens with zero attached hydrogens (tertiary/aromatic N) is 3. The summed E-state index contributed by atoms with van der Waals surface area (Å²) in [5.41, 5.74) is 4.50. The van der Waals surface area contributed by atoms with Gasteiger partial charge in [0.15, 0.2) is 0 Å². The van der Waals surface area contributed by atoms with Gasteiger partial charge in [-0.25, -0.2) is 9.97 Å². The quantitative estimate of drug-likeness (QED) is 0.506. The van der Waals surface area contributed by atoms with Crippen molar-refractivity contribution >= 4 is 58.2 Å². The van der Waals surface area contributed by atoms with E-state index in [2.05, 4.69) is 39.7 Å². The molecule has 0 bridgehead atoms. The standard InChI is InChI=1S/C22H19Cl2N5OS/c1-12-7-13-5-6-15(8-14(13)9-25-12)27-22-26-10-16-20(28-22)31-11-29(21(16)30)19-17(23)3-2-4-18(19)24/h2-6,8,10,12,25H,7,9,11H2,1H3,(H,26,27,28). The molecule has 2 N–H and O–H groups in total. The Morgan fingerprint density at radius 3 is 2.81 bits per heavy atom. The van der Waals surface area contributed by atoms with Crippen molar-refractivity contribution in [2.75, 3.05) is 16.1 Å². The molecule has 6 nitrogen and oxygen atoms in total. The zero-order chi connectivity index (χ0) is 21.5. The molecule has 0 fully saturated rings. The number of hydrogen-bond donors (Lipinski definition) is 2. The van der Waals surface area contributed by atoms with E-state index in [0.29, 0.717) is 44.2 Å². The van der Waals surface area contributed by atoms with E-state index in [0.717, 1.165) is 18.7 Å². The fraction of sp³-hybridized carbons (Fsp3) is 0.227. The van der Waals surface area contributed by atoms with E-state index in [1.807, 2.05) is 6.07 Å². The molecular formula is C22H19Cl2N5OS. The van der Waals surface area contributed by atoms with Crippen molar-refractivity contribution < 1.29 is 4.79 Å². The fourth-order valence-corrected chi connectivity index (χ4v) is 5.35. The van der Waals surface area contributed by atoms with Gasteiger partial charge < -0.3 is 10.6 Å². The molecule has 2 aliphatic rings. The number of hydrogen-bond acceptors (Lipinski definition) is 6. The number of carbonyl (C=O) groups excluding carboxylic acids is 1. The van der Waals surface area contributed by atoms with Crippen LogP contribution in [0.15, 0.2) is 47.6 Å². The molecule has 3 heterocycles. The van der Waals surface area contributed by atoms with Crippen LogP contribution in [0.5, 0.6) is 0 Å². The number of halogens is 2. The van der Waals surface area contributed by atoms with E-state index in [1.54, 1.807) is 29.3 Å². The molecule has 0 aliphatic carbocycles. The SMILES string of the molecule is CC1Cc2ccc(Nc3ncc4c(n3)SCN(c3c(Cl)cccc3Cl)C4=O)cc2CN1. The lowest BCUT2D eigenvalue weighted by atomic mass is 9.96. The van der Waals surface area contributed by atoms with Gasteiger partial charge in [-0.05, 0) is 48.7 Å². The Kier molecular flexibility index (Phi) is 5.52. The van der Waals surface area contributed by atoms with Gasteiger partial charge in [0.1, 0.15) is 5.03 Å². The van der Waals surface area contributed by atoms with Crippen molar-refractivity contribution in [1.82, 2.24) is 15.3 Å². The second-order valence-electron chi connectivity index (χ2n) is 7.58. The molecule has 1 unspecified atom stereocenters. The summed E-state index contributed by atoms with van der Waals surface area (Å²) in [4.78, 5) is 23.6. The maximum atomic E-state index is 13.1. The third kappa shape index (κ3) is 3.99. The lowest BCUT2D eigenvalue weighted by Crippen LogP contribution is -2.35. The molecule has 158 valence electrons. The van der Waals surface area contributed by atoms with Gasteiger partial charge in [0, 0.05) is 24.5 Å². The number of nitrogens with one attached hydrogen (secondary N) is 2. The van der Waals surface area contributed by atoms with Gasteiger partial charge in [-0.1, -0.05) is 47.1 Å². The van der Waals surface area contributed by atoms with Crippen LogP contribution in [0.4, 0.5) is 17.3 Å². The lowest BCUT2D eigenvalue weighted by molar-refractivity contribution is 0.0985. The summed E-state index contributed by atoms with van der Waals surface area (Å²) in [5, 5.41) is 8.23. The average molecular weight is 472 g/mol. The molecule has 31 heavy (non-hydrogen) atoms. The molecule has 2 aliphatic heterocycles. The van der Waals surface area contributed by atoms with Crippen molar-refractivity contribution in [2.24, 2.45) is 0 Å². The van der Waals surface area contributed by atoms with Gasteiger partial charge in [-0.3, -0.25) is 9.69 Å². The topological polar surface area (TPSA) is 70.2 Å². The minimum atomic E-state index is -0.218. The van der Waals surface area contributed by atoms with Gasteiger partial charge >= 0.3 is 0 Å². The first-order chi connectivity index (χ1) is 15.0. The van der Waals surface area contributed by atoms with Gasteiger partial charge in [0.05, 0.1) is 27.2 Å². The highest BCUT2D eigenvalue weighted by Crippen LogP contribution is 2.39. The number of thioether (sulfide) groups is 1. The highest BCUT2D eigenvalue weighted by Gasteiger charge is 2.30. The number of amides is 1. The molecule has 0 spiro atoms. The van der Waals surface area contributed by atoms with Gasteiger partial charge in [0.25, 0.3) is 5.91 Å². The van der Waals surface area contributed by atoms with Crippen LogP contribution in [-0.2, 0) is 13.0 Å². The number of carbonyl (C=O) groups is 1. The maximum absolute atomic E-state index is 13.1. The smallest absolute Gasteiger partial charge is 0.263 e. The predicted molar refractivity (Wildman–Crippen MR) is 126 cm³/mol. The highest BCUT2D eigenvalue weighted by atomic mass is 35.5. The van der Waals surface area contributed by atoms with Crippen molar-refractivity contribution in [3.05, 3.63) is 69.3 Å². The van der Waals surface area contributed by atoms with Crippen LogP contribution in [0.1, 0.15) is 28.4 Å². The normalized spacial score (nSPS) is 17.8. The molecule has 0 saturated heterocycles. The number of benzene rings is 2. The summed E-state index contributed by atoms with van der Waals surface area (Å²) in [7, 11) is 0. The highest BCUT2D eigenvalue weighted by molar-refractivity contribution is 7.99. The summed E-state index contributed by atoms with van der Waals surface area (Å²) in [5.74, 6) is 0.610. The zero-order valence-corrected chi connectivity index (χ0v) is 19.0. The Bertz CT molecular complexity index is 1170. The van der Waals surface area contributed by atoms with Crippen LogP contribution in [0.3, 0.4) is 0 Å². The van der Waals surface area contributed by atoms with E-state index >= 15 is 0 Å². The van der Waals surface area contributed by atoms with Crippen molar-refractivity contribution in [3.8, 4) is 0 Å². The van der Waals surface area contributed by atoms with E-state index in [9.17, 15) is 4.79 Å². The van der Waals surface area contributed by atoms with Crippen LogP contribution >= 0.6 is 35.0 Å². The predicted octanol–water partition coefficient (Wildman–Crippen LogP) is 5.27. The largest absolute Gasteiger partial charge is 0.324 e. The molecule has 9 heteroatoms. The first-order valence-electron chi connectivity index (χ1n) is 9.87. The minimum Gasteiger partial charge on any atom is -0.324 e. The van der Waals surface area contributed by atoms with Crippen molar-refractivity contribution in [1.29, 1.82) is 0 Å².